The third kappa shape index (κ3) is 8.47. The third-order valence-corrected chi connectivity index (χ3v) is 9.65. The van der Waals surface area contributed by atoms with Crippen LogP contribution in [0.5, 0.6) is 0 Å². The Morgan fingerprint density at radius 1 is 1.06 bits per heavy atom. The monoisotopic (exact) mass is 697 g/mol. The van der Waals surface area contributed by atoms with Crippen LogP contribution < -0.4 is 16.0 Å². The summed E-state index contributed by atoms with van der Waals surface area (Å²) in [5.74, 6) is -0.279. The molecule has 1 aliphatic heterocycles. The van der Waals surface area contributed by atoms with Gasteiger partial charge in [0.15, 0.2) is 5.78 Å². The van der Waals surface area contributed by atoms with Crippen LogP contribution in [0.1, 0.15) is 59.7 Å². The van der Waals surface area contributed by atoms with Crippen molar-refractivity contribution in [3.63, 3.8) is 0 Å². The number of aromatic nitrogens is 1. The van der Waals surface area contributed by atoms with E-state index in [4.69, 9.17) is 0 Å². The Morgan fingerprint density at radius 3 is 2.58 bits per heavy atom. The molecule has 3 N–H and O–H groups in total. The summed E-state index contributed by atoms with van der Waals surface area (Å²) in [4.78, 5) is 58.7. The topological polar surface area (TPSA) is 116 Å². The molecule has 10 nitrogen and oxygen atoms in total. The van der Waals surface area contributed by atoms with Gasteiger partial charge in [0.1, 0.15) is 12.2 Å². The van der Waals surface area contributed by atoms with E-state index in [1.54, 1.807) is 11.0 Å². The van der Waals surface area contributed by atoms with Crippen LogP contribution in [0, 0.1) is 18.9 Å². The Hall–Kier alpha value is -5.58. The lowest BCUT2D eigenvalue weighted by Crippen LogP contribution is -2.69. The zero-order chi connectivity index (χ0) is 36.6. The maximum atomic E-state index is 14.7. The molecule has 1 saturated heterocycles. The van der Waals surface area contributed by atoms with Gasteiger partial charge < -0.3 is 30.3 Å². The second-order valence-corrected chi connectivity index (χ2v) is 13.6. The molecule has 267 valence electrons. The fourth-order valence-corrected chi connectivity index (χ4v) is 6.82. The molecular weight excluding hydrogens is 653 g/mol. The maximum absolute atomic E-state index is 14.7. The van der Waals surface area contributed by atoms with Crippen LogP contribution in [-0.2, 0) is 29.1 Å². The fourth-order valence-electron chi connectivity index (χ4n) is 6.82. The molecule has 3 aromatic rings. The van der Waals surface area contributed by atoms with Crippen molar-refractivity contribution in [3.8, 4) is 0 Å². The summed E-state index contributed by atoms with van der Waals surface area (Å²) in [5, 5.41) is 9.77. The van der Waals surface area contributed by atoms with Crippen LogP contribution in [0.15, 0.2) is 89.8 Å². The van der Waals surface area contributed by atoms with E-state index >= 15 is 0 Å². The number of hydrogen-bond acceptors (Lipinski definition) is 5. The number of carbonyl (C=O) groups is 4. The number of aryl methyl sites for hydroxylation is 2. The van der Waals surface area contributed by atoms with Crippen LogP contribution in [-0.4, -0.2) is 76.4 Å². The number of benzene rings is 2. The van der Waals surface area contributed by atoms with Crippen molar-refractivity contribution in [1.29, 1.82) is 0 Å². The molecule has 0 bridgehead atoms. The molecule has 2 heterocycles. The van der Waals surface area contributed by atoms with Gasteiger partial charge >= 0.3 is 6.03 Å². The second kappa shape index (κ2) is 16.6. The highest BCUT2D eigenvalue weighted by molar-refractivity contribution is 6.10. The van der Waals surface area contributed by atoms with E-state index in [-0.39, 0.29) is 56.1 Å². The van der Waals surface area contributed by atoms with Gasteiger partial charge in [-0.1, -0.05) is 78.9 Å². The van der Waals surface area contributed by atoms with E-state index in [9.17, 15) is 19.2 Å². The number of carbonyl (C=O) groups excluding carboxylic acids is 4. The first kappa shape index (κ1) is 36.2. The minimum absolute atomic E-state index is 0.0400. The number of hydrogen-bond donors (Lipinski definition) is 3. The molecule has 1 saturated carbocycles. The van der Waals surface area contributed by atoms with Crippen molar-refractivity contribution in [2.45, 2.75) is 71.2 Å². The summed E-state index contributed by atoms with van der Waals surface area (Å²) < 4.78 is 2.16. The summed E-state index contributed by atoms with van der Waals surface area (Å²) in [6, 6.07) is 12.4. The highest BCUT2D eigenvalue weighted by Crippen LogP contribution is 2.36. The molecule has 4 amide bonds. The molecule has 0 unspecified atom stereocenters. The Labute approximate surface area is 304 Å². The van der Waals surface area contributed by atoms with Gasteiger partial charge in [-0.25, -0.2) is 4.79 Å². The molecule has 1 radical (unpaired) electrons. The van der Waals surface area contributed by atoms with Gasteiger partial charge in [0.25, 0.3) is 0 Å². The lowest BCUT2D eigenvalue weighted by molar-refractivity contribution is -0.156. The number of para-hydroxylation sites is 1. The van der Waals surface area contributed by atoms with Crippen molar-refractivity contribution in [2.75, 3.05) is 26.2 Å². The van der Waals surface area contributed by atoms with Crippen LogP contribution >= 0.6 is 0 Å². The predicted molar refractivity (Wildman–Crippen MR) is 199 cm³/mol. The molecule has 10 heteroatoms. The van der Waals surface area contributed by atoms with E-state index in [2.05, 4.69) is 63.0 Å². The summed E-state index contributed by atoms with van der Waals surface area (Å²) in [5.41, 5.74) is 15.9. The van der Waals surface area contributed by atoms with E-state index in [0.717, 1.165) is 65.4 Å². The number of nitrogens with one attached hydrogen (secondary N) is 3. The van der Waals surface area contributed by atoms with Crippen LogP contribution in [0.4, 0.5) is 4.79 Å². The van der Waals surface area contributed by atoms with Crippen LogP contribution in [0.3, 0.4) is 0 Å². The van der Waals surface area contributed by atoms with Crippen molar-refractivity contribution in [1.82, 2.24) is 30.3 Å². The van der Waals surface area contributed by atoms with Crippen LogP contribution in [0.2, 0.25) is 0 Å². The Morgan fingerprint density at radius 2 is 1.87 bits per heavy atom. The standard InChI is InChI=1S/C42H45N6O4/c1-4-6-22-46-27-35(40(50)32-19-20-32)34-14-10-13-33(39(34)46)26-47-28-37(45-42(52)44-24-31-11-8-7-9-12-31)48(38(49)25-43-21-5-2)36(41(47)51)23-30-17-15-29(3)16-18-30/h5,10,13-18,27,32,36-37,43H,2,4,6,19-26,28H2,1,3H3,(H2,44,45,52)/t36-,37+/m0/s1. The minimum Gasteiger partial charge on any atom is -0.346 e. The maximum Gasteiger partial charge on any atom is 0.316 e. The average molecular weight is 698 g/mol. The highest BCUT2D eigenvalue weighted by Gasteiger charge is 2.44. The quantitative estimate of drug-likeness (QED) is 0.0854. The molecular formula is C42H45N6O4. The molecule has 2 atom stereocenters. The van der Waals surface area contributed by atoms with Gasteiger partial charge in [-0.2, -0.15) is 0 Å². The first-order chi connectivity index (χ1) is 25.3. The molecule has 6 rings (SSSR count). The Bertz CT molecular complexity index is 2050. The number of nitrogens with zero attached hydrogens (tertiary/aromatic N) is 3. The Balaban J connectivity index is 1.36. The lowest BCUT2D eigenvalue weighted by atomic mass is 9.98. The van der Waals surface area contributed by atoms with Crippen LogP contribution in [0.25, 0.3) is 10.9 Å². The number of ketones is 1. The predicted octanol–water partition coefficient (Wildman–Crippen LogP) is 4.89. The van der Waals surface area contributed by atoms with E-state index in [0.29, 0.717) is 12.1 Å². The van der Waals surface area contributed by atoms with Gasteiger partial charge in [0.2, 0.25) is 11.8 Å². The summed E-state index contributed by atoms with van der Waals surface area (Å²) in [6.45, 7) is 9.39. The number of urea groups is 1. The number of piperazine rings is 1. The van der Waals surface area contributed by atoms with E-state index in [1.165, 1.54) is 4.90 Å². The third-order valence-electron chi connectivity index (χ3n) is 9.65. The SMILES string of the molecule is C=CCNCC(=O)N1[C@@H](NC(=O)NCC2=C=C=C=C=[C]2)CN(Cc2cccc3c(C(=O)C4CC4)cn(CCCC)c23)C(=O)[C@@H]1Cc1ccc(C)cc1. The summed E-state index contributed by atoms with van der Waals surface area (Å²) in [7, 11) is 0. The Kier molecular flexibility index (Phi) is 11.6. The normalized spacial score (nSPS) is 17.8. The van der Waals surface area contributed by atoms with Gasteiger partial charge in [-0.05, 0) is 48.8 Å². The van der Waals surface area contributed by atoms with Gasteiger partial charge in [-0.15, -0.1) is 6.58 Å². The van der Waals surface area contributed by atoms with Gasteiger partial charge in [0, 0.05) is 54.7 Å². The average Bonchev–Trinajstić information content (AvgIpc) is 3.94. The summed E-state index contributed by atoms with van der Waals surface area (Å²) in [6.07, 6.45) is 9.69. The van der Waals surface area contributed by atoms with E-state index < -0.39 is 18.2 Å². The smallest absolute Gasteiger partial charge is 0.316 e. The number of amides is 4. The largest absolute Gasteiger partial charge is 0.346 e. The number of unbranched alkanes of at least 4 members (excludes halogenated alkanes) is 1. The number of Topliss-reactive ketones (excluding diaryl/α,β-unsaturated/α-hetero) is 1. The molecule has 3 aliphatic rings. The lowest BCUT2D eigenvalue weighted by Gasteiger charge is -2.46. The minimum atomic E-state index is -0.895. The number of fused-ring (bicyclic) bond motifs is 1. The molecule has 2 aliphatic carbocycles. The van der Waals surface area contributed by atoms with Crippen molar-refractivity contribution < 1.29 is 19.2 Å². The summed E-state index contributed by atoms with van der Waals surface area (Å²) >= 11 is 0. The van der Waals surface area contributed by atoms with Gasteiger partial charge in [-0.3, -0.25) is 14.4 Å². The molecule has 2 fully saturated rings. The first-order valence-corrected chi connectivity index (χ1v) is 18.1. The van der Waals surface area contributed by atoms with E-state index in [1.807, 2.05) is 55.6 Å². The molecule has 2 aromatic carbocycles. The van der Waals surface area contributed by atoms with Crippen molar-refractivity contribution in [2.24, 2.45) is 5.92 Å². The van der Waals surface area contributed by atoms with Crippen molar-refractivity contribution in [3.05, 3.63) is 118 Å². The number of rotatable bonds is 16. The first-order valence-electron chi connectivity index (χ1n) is 18.1. The zero-order valence-corrected chi connectivity index (χ0v) is 29.9. The van der Waals surface area contributed by atoms with Gasteiger partial charge in [0.05, 0.1) is 31.2 Å². The molecule has 0 spiro atoms. The second-order valence-electron chi connectivity index (χ2n) is 13.6. The zero-order valence-electron chi connectivity index (χ0n) is 29.9. The van der Waals surface area contributed by atoms with Crippen molar-refractivity contribution >= 4 is 34.5 Å². The molecule has 1 aromatic heterocycles. The molecule has 52 heavy (non-hydrogen) atoms. The highest BCUT2D eigenvalue weighted by atomic mass is 16.2. The fraction of sp³-hybridized carbons (Fsp3) is 0.381.